The van der Waals surface area contributed by atoms with Crippen molar-refractivity contribution in [2.24, 2.45) is 0 Å². The van der Waals surface area contributed by atoms with Gasteiger partial charge in [-0.25, -0.2) is 0 Å². The maximum absolute atomic E-state index is 12.3. The molecule has 3 N–H and O–H groups in total. The van der Waals surface area contributed by atoms with E-state index in [4.69, 9.17) is 5.11 Å². The van der Waals surface area contributed by atoms with Gasteiger partial charge in [-0.05, 0) is 30.3 Å². The number of nitrogens with one attached hydrogen (secondary N) is 2. The Balaban J connectivity index is 1.93. The van der Waals surface area contributed by atoms with Crippen molar-refractivity contribution in [3.05, 3.63) is 53.6 Å². The molecule has 0 fully saturated rings. The Labute approximate surface area is 131 Å². The van der Waals surface area contributed by atoms with Crippen LogP contribution in [-0.2, 0) is 0 Å². The maximum Gasteiger partial charge on any atom is 0.256 e. The van der Waals surface area contributed by atoms with Crippen molar-refractivity contribution >= 4 is 29.3 Å². The summed E-state index contributed by atoms with van der Waals surface area (Å²) in [6.07, 6.45) is 0. The summed E-state index contributed by atoms with van der Waals surface area (Å²) in [4.78, 5) is 26.0. The van der Waals surface area contributed by atoms with Gasteiger partial charge in [0.1, 0.15) is 0 Å². The van der Waals surface area contributed by atoms with Crippen LogP contribution in [0.3, 0.4) is 0 Å². The van der Waals surface area contributed by atoms with E-state index in [1.54, 1.807) is 18.2 Å². The van der Waals surface area contributed by atoms with Crippen LogP contribution in [0.1, 0.15) is 20.7 Å². The highest BCUT2D eigenvalue weighted by Gasteiger charge is 2.20. The summed E-state index contributed by atoms with van der Waals surface area (Å²) in [6, 6.07) is 12.6. The lowest BCUT2D eigenvalue weighted by molar-refractivity contribution is 0.0943. The largest absolute Gasteiger partial charge is 0.395 e. The Bertz CT molecular complexity index is 746. The van der Waals surface area contributed by atoms with E-state index in [9.17, 15) is 9.59 Å². The summed E-state index contributed by atoms with van der Waals surface area (Å²) >= 11 is 1.49. The summed E-state index contributed by atoms with van der Waals surface area (Å²) in [7, 11) is 0. The van der Waals surface area contributed by atoms with Gasteiger partial charge in [0.2, 0.25) is 0 Å². The van der Waals surface area contributed by atoms with Crippen LogP contribution < -0.4 is 10.6 Å². The number of anilines is 1. The number of carbonyl (C=O) groups excluding carboxylic acids is 2. The molecule has 1 aliphatic heterocycles. The third-order valence-corrected chi connectivity index (χ3v) is 4.39. The second kappa shape index (κ2) is 6.21. The summed E-state index contributed by atoms with van der Waals surface area (Å²) < 4.78 is 0. The Hall–Kier alpha value is -2.31. The fourth-order valence-corrected chi connectivity index (χ4v) is 3.19. The van der Waals surface area contributed by atoms with Gasteiger partial charge in [0.05, 0.1) is 17.9 Å². The first-order chi connectivity index (χ1) is 10.7. The zero-order valence-electron chi connectivity index (χ0n) is 11.6. The molecule has 1 heterocycles. The van der Waals surface area contributed by atoms with Crippen LogP contribution in [0.25, 0.3) is 0 Å². The Kier molecular flexibility index (Phi) is 4.13. The lowest BCUT2D eigenvalue weighted by atomic mass is 10.1. The van der Waals surface area contributed by atoms with Gasteiger partial charge in [0.25, 0.3) is 11.8 Å². The first-order valence-corrected chi connectivity index (χ1v) is 7.62. The molecule has 3 rings (SSSR count). The van der Waals surface area contributed by atoms with Crippen LogP contribution in [0, 0.1) is 0 Å². The molecule has 0 bridgehead atoms. The fourth-order valence-electron chi connectivity index (χ4n) is 2.18. The van der Waals surface area contributed by atoms with E-state index in [1.807, 2.05) is 24.3 Å². The van der Waals surface area contributed by atoms with Crippen LogP contribution in [0.2, 0.25) is 0 Å². The number of amides is 2. The molecule has 0 atom stereocenters. The molecule has 0 saturated heterocycles. The van der Waals surface area contributed by atoms with Gasteiger partial charge < -0.3 is 15.7 Å². The number of aliphatic hydroxyl groups excluding tert-OH is 1. The van der Waals surface area contributed by atoms with Crippen LogP contribution in [0.15, 0.2) is 52.3 Å². The Morgan fingerprint density at radius 1 is 1.18 bits per heavy atom. The van der Waals surface area contributed by atoms with Crippen molar-refractivity contribution in [2.75, 3.05) is 18.5 Å². The molecular weight excluding hydrogens is 300 g/mol. The zero-order valence-corrected chi connectivity index (χ0v) is 12.4. The standard InChI is InChI=1S/C16H14N2O3S/c19-8-7-17-15(20)10-5-6-14-12(9-10)18-16(21)11-3-1-2-4-13(11)22-14/h1-6,9,19H,7-8H2,(H,17,20)(H,18,21). The molecule has 2 amide bonds. The third-order valence-electron chi connectivity index (χ3n) is 3.24. The van der Waals surface area contributed by atoms with E-state index in [0.717, 1.165) is 9.79 Å². The van der Waals surface area contributed by atoms with Gasteiger partial charge in [-0.3, -0.25) is 9.59 Å². The molecule has 112 valence electrons. The van der Waals surface area contributed by atoms with Crippen molar-refractivity contribution in [3.63, 3.8) is 0 Å². The maximum atomic E-state index is 12.3. The van der Waals surface area contributed by atoms with Crippen molar-refractivity contribution in [1.29, 1.82) is 0 Å². The number of benzene rings is 2. The van der Waals surface area contributed by atoms with Crippen LogP contribution in [0.4, 0.5) is 5.69 Å². The van der Waals surface area contributed by atoms with E-state index in [-0.39, 0.29) is 25.0 Å². The SMILES string of the molecule is O=C(NCCO)c1ccc2c(c1)NC(=O)c1ccccc1S2. The minimum Gasteiger partial charge on any atom is -0.395 e. The monoisotopic (exact) mass is 314 g/mol. The lowest BCUT2D eigenvalue weighted by Gasteiger charge is -2.09. The molecule has 22 heavy (non-hydrogen) atoms. The van der Waals surface area contributed by atoms with Crippen LogP contribution >= 0.6 is 11.8 Å². The topological polar surface area (TPSA) is 78.4 Å². The van der Waals surface area contributed by atoms with Gasteiger partial charge in [-0.15, -0.1) is 0 Å². The molecule has 5 nitrogen and oxygen atoms in total. The molecule has 0 aliphatic carbocycles. The molecule has 0 saturated carbocycles. The average Bonchev–Trinajstić information content (AvgIpc) is 2.68. The van der Waals surface area contributed by atoms with E-state index in [2.05, 4.69) is 10.6 Å². The molecule has 0 aromatic heterocycles. The normalized spacial score (nSPS) is 12.7. The van der Waals surface area contributed by atoms with Crippen LogP contribution in [0.5, 0.6) is 0 Å². The molecule has 2 aromatic carbocycles. The quantitative estimate of drug-likeness (QED) is 0.811. The van der Waals surface area contributed by atoms with Gasteiger partial charge in [0, 0.05) is 21.9 Å². The number of hydrogen-bond donors (Lipinski definition) is 3. The van der Waals surface area contributed by atoms with Crippen LogP contribution in [-0.4, -0.2) is 30.1 Å². The van der Waals surface area contributed by atoms with E-state index < -0.39 is 0 Å². The third kappa shape index (κ3) is 2.84. The van der Waals surface area contributed by atoms with Crippen molar-refractivity contribution in [2.45, 2.75) is 9.79 Å². The second-order valence-corrected chi connectivity index (χ2v) is 5.83. The molecule has 2 aromatic rings. The van der Waals surface area contributed by atoms with Gasteiger partial charge >= 0.3 is 0 Å². The highest BCUT2D eigenvalue weighted by Crippen LogP contribution is 2.38. The number of hydrogen-bond acceptors (Lipinski definition) is 4. The highest BCUT2D eigenvalue weighted by atomic mass is 32.2. The van der Waals surface area contributed by atoms with Gasteiger partial charge in [-0.2, -0.15) is 0 Å². The number of aliphatic hydroxyl groups is 1. The molecule has 0 radical (unpaired) electrons. The summed E-state index contributed by atoms with van der Waals surface area (Å²) in [5.74, 6) is -0.465. The van der Waals surface area contributed by atoms with E-state index in [1.165, 1.54) is 11.8 Å². The minimum atomic E-state index is -0.280. The van der Waals surface area contributed by atoms with Gasteiger partial charge in [-0.1, -0.05) is 23.9 Å². The first-order valence-electron chi connectivity index (χ1n) is 6.80. The summed E-state index contributed by atoms with van der Waals surface area (Å²) in [5.41, 5.74) is 1.68. The second-order valence-electron chi connectivity index (χ2n) is 4.74. The Morgan fingerprint density at radius 2 is 2.00 bits per heavy atom. The molecule has 0 unspecified atom stereocenters. The molecule has 6 heteroatoms. The fraction of sp³-hybridized carbons (Fsp3) is 0.125. The molecule has 1 aliphatic rings. The average molecular weight is 314 g/mol. The van der Waals surface area contributed by atoms with Crippen molar-refractivity contribution in [1.82, 2.24) is 5.32 Å². The Morgan fingerprint density at radius 3 is 2.82 bits per heavy atom. The van der Waals surface area contributed by atoms with Gasteiger partial charge in [0.15, 0.2) is 0 Å². The summed E-state index contributed by atoms with van der Waals surface area (Å²) in [5, 5.41) is 14.2. The minimum absolute atomic E-state index is 0.113. The lowest BCUT2D eigenvalue weighted by Crippen LogP contribution is -2.26. The first kappa shape index (κ1) is 14.6. The smallest absolute Gasteiger partial charge is 0.256 e. The van der Waals surface area contributed by atoms with E-state index >= 15 is 0 Å². The van der Waals surface area contributed by atoms with Crippen molar-refractivity contribution < 1.29 is 14.7 Å². The van der Waals surface area contributed by atoms with E-state index in [0.29, 0.717) is 16.8 Å². The molecule has 0 spiro atoms. The predicted molar refractivity (Wildman–Crippen MR) is 84.4 cm³/mol. The predicted octanol–water partition coefficient (Wildman–Crippen LogP) is 2.13. The number of rotatable bonds is 3. The molecular formula is C16H14N2O3S. The summed E-state index contributed by atoms with van der Waals surface area (Å²) in [6.45, 7) is 0.0844. The highest BCUT2D eigenvalue weighted by molar-refractivity contribution is 7.99. The zero-order chi connectivity index (χ0) is 15.5. The number of carbonyl (C=O) groups is 2. The van der Waals surface area contributed by atoms with Crippen molar-refractivity contribution in [3.8, 4) is 0 Å². The number of fused-ring (bicyclic) bond motifs is 2.